The van der Waals surface area contributed by atoms with Crippen LogP contribution in [0.4, 0.5) is 14.9 Å². The number of hydrogen-bond donors (Lipinski definition) is 2. The molecule has 0 atom stereocenters. The second kappa shape index (κ2) is 6.94. The molecule has 3 rings (SSSR count). The van der Waals surface area contributed by atoms with Gasteiger partial charge in [-0.3, -0.25) is 14.5 Å². The number of carbonyl (C=O) groups is 3. The molecule has 0 bridgehead atoms. The van der Waals surface area contributed by atoms with Gasteiger partial charge in [-0.05, 0) is 61.3 Å². The van der Waals surface area contributed by atoms with Crippen LogP contribution in [0, 0.1) is 17.2 Å². The number of nitrogens with zero attached hydrogens (tertiary/aromatic N) is 1. The molecule has 1 saturated heterocycles. The molecule has 7 heteroatoms. The normalized spacial score (nSPS) is 25.6. The maximum atomic E-state index is 12.9. The van der Waals surface area contributed by atoms with Crippen molar-refractivity contribution in [3.05, 3.63) is 30.1 Å². The van der Waals surface area contributed by atoms with E-state index in [0.717, 1.165) is 17.7 Å². The van der Waals surface area contributed by atoms with Gasteiger partial charge in [0.05, 0.1) is 0 Å². The van der Waals surface area contributed by atoms with Crippen LogP contribution in [0.2, 0.25) is 0 Å². The standard InChI is InChI=1S/C20H26FN3O3/c1-19(2,3)13-8-10-20(11-9-13)17(26)24(18(27)23-20)12-16(25)22-15-6-4-14(21)5-7-15/h4-7,13H,8-12H2,1-3H3,(H,22,25)(H,23,27). The number of hydrogen-bond acceptors (Lipinski definition) is 3. The number of carbonyl (C=O) groups excluding carboxylic acids is 3. The van der Waals surface area contributed by atoms with Gasteiger partial charge in [0, 0.05) is 5.69 Å². The molecule has 27 heavy (non-hydrogen) atoms. The summed E-state index contributed by atoms with van der Waals surface area (Å²) >= 11 is 0. The fourth-order valence-corrected chi connectivity index (χ4v) is 4.01. The summed E-state index contributed by atoms with van der Waals surface area (Å²) in [6.07, 6.45) is 2.92. The Kier molecular flexibility index (Phi) is 4.97. The van der Waals surface area contributed by atoms with Crippen molar-refractivity contribution in [1.29, 1.82) is 0 Å². The molecule has 1 aliphatic heterocycles. The lowest BCUT2D eigenvalue weighted by atomic mass is 9.67. The SMILES string of the molecule is CC(C)(C)C1CCC2(CC1)NC(=O)N(CC(=O)Nc1ccc(F)cc1)C2=O. The van der Waals surface area contributed by atoms with Crippen LogP contribution < -0.4 is 10.6 Å². The Bertz CT molecular complexity index is 747. The highest BCUT2D eigenvalue weighted by Gasteiger charge is 2.53. The first-order valence-corrected chi connectivity index (χ1v) is 9.30. The van der Waals surface area contributed by atoms with Crippen molar-refractivity contribution < 1.29 is 18.8 Å². The Labute approximate surface area is 158 Å². The Morgan fingerprint density at radius 1 is 1.22 bits per heavy atom. The highest BCUT2D eigenvalue weighted by Crippen LogP contribution is 2.43. The van der Waals surface area contributed by atoms with Crippen molar-refractivity contribution in [2.24, 2.45) is 11.3 Å². The molecule has 0 radical (unpaired) electrons. The second-order valence-electron chi connectivity index (χ2n) is 8.60. The molecule has 4 amide bonds. The van der Waals surface area contributed by atoms with Gasteiger partial charge in [0.15, 0.2) is 0 Å². The minimum absolute atomic E-state index is 0.169. The van der Waals surface area contributed by atoms with Gasteiger partial charge in [-0.1, -0.05) is 20.8 Å². The molecule has 146 valence electrons. The molecule has 0 aromatic heterocycles. The van der Waals surface area contributed by atoms with E-state index >= 15 is 0 Å². The van der Waals surface area contributed by atoms with Crippen molar-refractivity contribution in [2.75, 3.05) is 11.9 Å². The Balaban J connectivity index is 1.63. The summed E-state index contributed by atoms with van der Waals surface area (Å²) in [5.74, 6) is -0.724. The number of halogens is 1. The lowest BCUT2D eigenvalue weighted by Crippen LogP contribution is -2.50. The summed E-state index contributed by atoms with van der Waals surface area (Å²) in [6.45, 7) is 6.22. The minimum Gasteiger partial charge on any atom is -0.325 e. The molecule has 6 nitrogen and oxygen atoms in total. The van der Waals surface area contributed by atoms with E-state index in [9.17, 15) is 18.8 Å². The van der Waals surface area contributed by atoms with Crippen molar-refractivity contribution in [3.63, 3.8) is 0 Å². The van der Waals surface area contributed by atoms with Crippen molar-refractivity contribution in [1.82, 2.24) is 10.2 Å². The van der Waals surface area contributed by atoms with Crippen LogP contribution in [0.5, 0.6) is 0 Å². The summed E-state index contributed by atoms with van der Waals surface area (Å²) in [5, 5.41) is 5.40. The summed E-state index contributed by atoms with van der Waals surface area (Å²) < 4.78 is 12.9. The molecule has 0 unspecified atom stereocenters. The number of benzene rings is 1. The highest BCUT2D eigenvalue weighted by molar-refractivity contribution is 6.10. The van der Waals surface area contributed by atoms with E-state index in [1.807, 2.05) is 0 Å². The van der Waals surface area contributed by atoms with E-state index in [0.29, 0.717) is 24.4 Å². The van der Waals surface area contributed by atoms with Gasteiger partial charge in [0.25, 0.3) is 5.91 Å². The zero-order valence-corrected chi connectivity index (χ0v) is 16.0. The topological polar surface area (TPSA) is 78.5 Å². The molecule has 1 aliphatic carbocycles. The third-order valence-corrected chi connectivity index (χ3v) is 5.74. The first kappa shape index (κ1) is 19.3. The van der Waals surface area contributed by atoms with Gasteiger partial charge in [-0.25, -0.2) is 9.18 Å². The van der Waals surface area contributed by atoms with Crippen molar-refractivity contribution in [3.8, 4) is 0 Å². The number of rotatable bonds is 3. The van der Waals surface area contributed by atoms with Crippen LogP contribution in [0.1, 0.15) is 46.5 Å². The molecule has 1 aromatic carbocycles. The number of urea groups is 1. The highest BCUT2D eigenvalue weighted by atomic mass is 19.1. The van der Waals surface area contributed by atoms with Gasteiger partial charge < -0.3 is 10.6 Å². The summed E-state index contributed by atoms with van der Waals surface area (Å²) in [6, 6.07) is 4.78. The number of nitrogens with one attached hydrogen (secondary N) is 2. The van der Waals surface area contributed by atoms with E-state index in [2.05, 4.69) is 31.4 Å². The third-order valence-electron chi connectivity index (χ3n) is 5.74. The zero-order chi connectivity index (χ0) is 19.8. The average molecular weight is 375 g/mol. The molecule has 1 heterocycles. The van der Waals surface area contributed by atoms with Crippen LogP contribution in [-0.2, 0) is 9.59 Å². The Hall–Kier alpha value is -2.44. The van der Waals surface area contributed by atoms with Crippen molar-refractivity contribution in [2.45, 2.75) is 52.0 Å². The van der Waals surface area contributed by atoms with Gasteiger partial charge in [-0.2, -0.15) is 0 Å². The molecular weight excluding hydrogens is 349 g/mol. The predicted octanol–water partition coefficient (Wildman–Crippen LogP) is 3.29. The van der Waals surface area contributed by atoms with Gasteiger partial charge in [0.1, 0.15) is 17.9 Å². The van der Waals surface area contributed by atoms with E-state index in [1.165, 1.54) is 24.3 Å². The van der Waals surface area contributed by atoms with Crippen LogP contribution >= 0.6 is 0 Å². The average Bonchev–Trinajstić information content (AvgIpc) is 2.81. The Morgan fingerprint density at radius 2 is 1.81 bits per heavy atom. The molecule has 1 saturated carbocycles. The van der Waals surface area contributed by atoms with E-state index < -0.39 is 23.3 Å². The quantitative estimate of drug-likeness (QED) is 0.796. The monoisotopic (exact) mass is 375 g/mol. The largest absolute Gasteiger partial charge is 0.325 e. The maximum Gasteiger partial charge on any atom is 0.325 e. The molecule has 2 N–H and O–H groups in total. The summed E-state index contributed by atoms with van der Waals surface area (Å²) in [7, 11) is 0. The lowest BCUT2D eigenvalue weighted by molar-refractivity contribution is -0.135. The van der Waals surface area contributed by atoms with E-state index in [-0.39, 0.29) is 17.9 Å². The number of imide groups is 1. The minimum atomic E-state index is -0.880. The van der Waals surface area contributed by atoms with Crippen LogP contribution in [-0.4, -0.2) is 34.8 Å². The lowest BCUT2D eigenvalue weighted by Gasteiger charge is -2.40. The van der Waals surface area contributed by atoms with Crippen LogP contribution in [0.3, 0.4) is 0 Å². The molecule has 2 fully saturated rings. The predicted molar refractivity (Wildman–Crippen MR) is 99.4 cm³/mol. The smallest absolute Gasteiger partial charge is 0.325 e. The first-order valence-electron chi connectivity index (χ1n) is 9.30. The van der Waals surface area contributed by atoms with Crippen LogP contribution in [0.15, 0.2) is 24.3 Å². The fraction of sp³-hybridized carbons (Fsp3) is 0.550. The van der Waals surface area contributed by atoms with Gasteiger partial charge >= 0.3 is 6.03 Å². The first-order chi connectivity index (χ1) is 12.6. The zero-order valence-electron chi connectivity index (χ0n) is 16.0. The van der Waals surface area contributed by atoms with Crippen LogP contribution in [0.25, 0.3) is 0 Å². The third kappa shape index (κ3) is 3.96. The molecular formula is C20H26FN3O3. The molecule has 1 spiro atoms. The molecule has 1 aromatic rings. The second-order valence-corrected chi connectivity index (χ2v) is 8.60. The fourth-order valence-electron chi connectivity index (χ4n) is 4.01. The van der Waals surface area contributed by atoms with Crippen molar-refractivity contribution >= 4 is 23.5 Å². The van der Waals surface area contributed by atoms with Gasteiger partial charge in [-0.15, -0.1) is 0 Å². The van der Waals surface area contributed by atoms with E-state index in [1.54, 1.807) is 0 Å². The summed E-state index contributed by atoms with van der Waals surface area (Å²) in [5.41, 5.74) is -0.300. The van der Waals surface area contributed by atoms with Gasteiger partial charge in [0.2, 0.25) is 5.91 Å². The maximum absolute atomic E-state index is 12.9. The summed E-state index contributed by atoms with van der Waals surface area (Å²) in [4.78, 5) is 38.4. The van der Waals surface area contributed by atoms with E-state index in [4.69, 9.17) is 0 Å². The number of amides is 4. The molecule has 2 aliphatic rings. The number of anilines is 1. The Morgan fingerprint density at radius 3 is 2.37 bits per heavy atom.